The minimum atomic E-state index is -1.35. The van der Waals surface area contributed by atoms with E-state index in [0.717, 1.165) is 19.3 Å². The van der Waals surface area contributed by atoms with Crippen LogP contribution in [0.25, 0.3) is 0 Å². The van der Waals surface area contributed by atoms with Gasteiger partial charge in [-0.2, -0.15) is 0 Å². The molecule has 0 aromatic rings. The van der Waals surface area contributed by atoms with Gasteiger partial charge < -0.3 is 20.1 Å². The van der Waals surface area contributed by atoms with Crippen molar-refractivity contribution >= 4 is 17.8 Å². The Morgan fingerprint density at radius 2 is 2.04 bits per heavy atom. The van der Waals surface area contributed by atoms with Gasteiger partial charge in [0, 0.05) is 31.4 Å². The monoisotopic (exact) mass is 340 g/mol. The van der Waals surface area contributed by atoms with Gasteiger partial charge in [-0.05, 0) is 19.8 Å². The Hall–Kier alpha value is -1.63. The summed E-state index contributed by atoms with van der Waals surface area (Å²) < 4.78 is 5.58. The van der Waals surface area contributed by atoms with Gasteiger partial charge in [-0.25, -0.2) is 4.79 Å². The third-order valence-electron chi connectivity index (χ3n) is 5.49. The fraction of sp³-hybridized carbons (Fsp3) is 0.824. The predicted octanol–water partition coefficient (Wildman–Crippen LogP) is 1.16. The van der Waals surface area contributed by atoms with Crippen molar-refractivity contribution in [3.05, 3.63) is 0 Å². The molecule has 0 aromatic heterocycles. The van der Waals surface area contributed by atoms with Gasteiger partial charge in [0.25, 0.3) is 0 Å². The van der Waals surface area contributed by atoms with Crippen molar-refractivity contribution in [1.82, 2.24) is 10.2 Å². The van der Waals surface area contributed by atoms with Crippen LogP contribution in [0.1, 0.15) is 52.9 Å². The van der Waals surface area contributed by atoms with Gasteiger partial charge in [0.2, 0.25) is 11.8 Å². The van der Waals surface area contributed by atoms with Crippen molar-refractivity contribution in [2.24, 2.45) is 5.41 Å². The summed E-state index contributed by atoms with van der Waals surface area (Å²) in [5.41, 5.74) is -2.06. The van der Waals surface area contributed by atoms with Gasteiger partial charge in [-0.1, -0.05) is 20.3 Å². The SMILES string of the molecule is CCOC1CC(NC(=O)CN2CCCCCC2=O)(C(=O)O)C1(C)C. The maximum absolute atomic E-state index is 12.4. The summed E-state index contributed by atoms with van der Waals surface area (Å²) >= 11 is 0. The van der Waals surface area contributed by atoms with Crippen LogP contribution in [0.15, 0.2) is 0 Å². The topological polar surface area (TPSA) is 95.9 Å². The van der Waals surface area contributed by atoms with Crippen LogP contribution in [0, 0.1) is 5.41 Å². The number of hydrogen-bond acceptors (Lipinski definition) is 4. The van der Waals surface area contributed by atoms with E-state index in [-0.39, 0.29) is 25.0 Å². The molecule has 2 fully saturated rings. The first-order valence-corrected chi connectivity index (χ1v) is 8.68. The third-order valence-corrected chi connectivity index (χ3v) is 5.49. The molecule has 2 N–H and O–H groups in total. The van der Waals surface area contributed by atoms with Gasteiger partial charge in [0.15, 0.2) is 0 Å². The number of amides is 2. The van der Waals surface area contributed by atoms with E-state index in [2.05, 4.69) is 5.32 Å². The lowest BCUT2D eigenvalue weighted by Crippen LogP contribution is -2.76. The van der Waals surface area contributed by atoms with Crippen molar-refractivity contribution in [2.45, 2.75) is 64.5 Å². The lowest BCUT2D eigenvalue weighted by molar-refractivity contribution is -0.194. The lowest BCUT2D eigenvalue weighted by Gasteiger charge is -2.58. The zero-order valence-electron chi connectivity index (χ0n) is 14.8. The van der Waals surface area contributed by atoms with E-state index in [1.165, 1.54) is 4.90 Å². The maximum Gasteiger partial charge on any atom is 0.330 e. The number of ether oxygens (including phenoxy) is 1. The number of carbonyl (C=O) groups is 3. The van der Waals surface area contributed by atoms with Crippen LogP contribution >= 0.6 is 0 Å². The highest BCUT2D eigenvalue weighted by Gasteiger charge is 2.66. The van der Waals surface area contributed by atoms with Crippen LogP contribution in [0.5, 0.6) is 0 Å². The van der Waals surface area contributed by atoms with Gasteiger partial charge in [-0.3, -0.25) is 9.59 Å². The fourth-order valence-electron chi connectivity index (χ4n) is 3.69. The van der Waals surface area contributed by atoms with Gasteiger partial charge in [-0.15, -0.1) is 0 Å². The highest BCUT2D eigenvalue weighted by atomic mass is 16.5. The summed E-state index contributed by atoms with van der Waals surface area (Å²) in [6.07, 6.45) is 3.18. The summed E-state index contributed by atoms with van der Waals surface area (Å²) in [5.74, 6) is -1.51. The molecule has 2 unspecified atom stereocenters. The highest BCUT2D eigenvalue weighted by molar-refractivity contribution is 5.91. The largest absolute Gasteiger partial charge is 0.479 e. The van der Waals surface area contributed by atoms with Gasteiger partial charge >= 0.3 is 5.97 Å². The second-order valence-electron chi connectivity index (χ2n) is 7.25. The Morgan fingerprint density at radius 1 is 1.33 bits per heavy atom. The predicted molar refractivity (Wildman–Crippen MR) is 87.4 cm³/mol. The minimum Gasteiger partial charge on any atom is -0.479 e. The van der Waals surface area contributed by atoms with Gasteiger partial charge in [0.05, 0.1) is 12.6 Å². The molecule has 24 heavy (non-hydrogen) atoms. The van der Waals surface area contributed by atoms with Crippen molar-refractivity contribution in [3.63, 3.8) is 0 Å². The van der Waals surface area contributed by atoms with E-state index >= 15 is 0 Å². The number of carboxylic acid groups (broad SMARTS) is 1. The Bertz CT molecular complexity index is 519. The molecule has 0 radical (unpaired) electrons. The van der Waals surface area contributed by atoms with Crippen molar-refractivity contribution in [2.75, 3.05) is 19.7 Å². The summed E-state index contributed by atoms with van der Waals surface area (Å²) in [6, 6.07) is 0. The van der Waals surface area contributed by atoms with Crippen molar-refractivity contribution in [1.29, 1.82) is 0 Å². The molecule has 2 amide bonds. The van der Waals surface area contributed by atoms with Crippen LogP contribution in [-0.2, 0) is 19.1 Å². The standard InChI is InChI=1S/C17H28N2O5/c1-4-24-12-10-17(15(22)23,16(12,2)3)18-13(20)11-19-9-7-5-6-8-14(19)21/h12H,4-11H2,1-3H3,(H,18,20)(H,22,23). The number of carbonyl (C=O) groups excluding carboxylic acids is 2. The van der Waals surface area contributed by atoms with Crippen molar-refractivity contribution < 1.29 is 24.2 Å². The van der Waals surface area contributed by atoms with Crippen LogP contribution in [-0.4, -0.2) is 59.1 Å². The number of nitrogens with zero attached hydrogens (tertiary/aromatic N) is 1. The normalized spacial score (nSPS) is 29.5. The first-order chi connectivity index (χ1) is 11.2. The molecule has 7 heteroatoms. The number of rotatable bonds is 6. The summed E-state index contributed by atoms with van der Waals surface area (Å²) in [4.78, 5) is 37.8. The fourth-order valence-corrected chi connectivity index (χ4v) is 3.69. The van der Waals surface area contributed by atoms with Crippen LogP contribution < -0.4 is 5.32 Å². The number of likely N-dealkylation sites (tertiary alicyclic amines) is 1. The summed E-state index contributed by atoms with van der Waals surface area (Å²) in [5, 5.41) is 12.4. The van der Waals surface area contributed by atoms with Crippen LogP contribution in [0.4, 0.5) is 0 Å². The van der Waals surface area contributed by atoms with E-state index < -0.39 is 22.8 Å². The molecule has 1 aliphatic heterocycles. The maximum atomic E-state index is 12.4. The third kappa shape index (κ3) is 3.27. The molecule has 0 spiro atoms. The van der Waals surface area contributed by atoms with E-state index in [1.54, 1.807) is 13.8 Å². The molecule has 0 bridgehead atoms. The van der Waals surface area contributed by atoms with E-state index in [4.69, 9.17) is 4.74 Å². The van der Waals surface area contributed by atoms with E-state index in [0.29, 0.717) is 19.6 Å². The second kappa shape index (κ2) is 7.09. The number of nitrogens with one attached hydrogen (secondary N) is 1. The first kappa shape index (κ1) is 18.7. The number of aliphatic carboxylic acids is 1. The van der Waals surface area contributed by atoms with Crippen LogP contribution in [0.2, 0.25) is 0 Å². The molecule has 0 aromatic carbocycles. The quantitative estimate of drug-likeness (QED) is 0.756. The molecular formula is C17H28N2O5. The zero-order chi connectivity index (χ0) is 18.0. The molecular weight excluding hydrogens is 312 g/mol. The number of hydrogen-bond donors (Lipinski definition) is 2. The number of carboxylic acids is 1. The lowest BCUT2D eigenvalue weighted by atomic mass is 9.54. The Labute approximate surface area is 142 Å². The molecule has 2 atom stereocenters. The average Bonchev–Trinajstić information content (AvgIpc) is 2.70. The molecule has 2 rings (SSSR count). The highest BCUT2D eigenvalue weighted by Crippen LogP contribution is 2.51. The van der Waals surface area contributed by atoms with Crippen molar-refractivity contribution in [3.8, 4) is 0 Å². The molecule has 2 aliphatic rings. The molecule has 7 nitrogen and oxygen atoms in total. The van der Waals surface area contributed by atoms with E-state index in [9.17, 15) is 19.5 Å². The Kier molecular flexibility index (Phi) is 5.52. The molecule has 1 saturated carbocycles. The van der Waals surface area contributed by atoms with Crippen LogP contribution in [0.3, 0.4) is 0 Å². The van der Waals surface area contributed by atoms with Gasteiger partial charge in [0.1, 0.15) is 5.54 Å². The Morgan fingerprint density at radius 3 is 2.62 bits per heavy atom. The summed E-state index contributed by atoms with van der Waals surface area (Å²) in [6.45, 7) is 6.42. The molecule has 1 saturated heterocycles. The summed E-state index contributed by atoms with van der Waals surface area (Å²) in [7, 11) is 0. The van der Waals surface area contributed by atoms with E-state index in [1.807, 2.05) is 6.92 Å². The first-order valence-electron chi connectivity index (χ1n) is 8.68. The Balaban J connectivity index is 2.05. The molecule has 136 valence electrons. The molecule has 1 aliphatic carbocycles. The second-order valence-corrected chi connectivity index (χ2v) is 7.25. The smallest absolute Gasteiger partial charge is 0.330 e. The minimum absolute atomic E-state index is 0.0351. The zero-order valence-corrected chi connectivity index (χ0v) is 14.8. The average molecular weight is 340 g/mol. The molecule has 1 heterocycles.